The Balaban J connectivity index is 2.38. The van der Waals surface area contributed by atoms with Crippen molar-refractivity contribution in [2.24, 2.45) is 0 Å². The largest absolute Gasteiger partial charge is 0.476 e. The van der Waals surface area contributed by atoms with Crippen LogP contribution in [0, 0.1) is 0 Å². The Morgan fingerprint density at radius 1 is 1.20 bits per heavy atom. The monoisotopic (exact) mass is 356 g/mol. The summed E-state index contributed by atoms with van der Waals surface area (Å²) >= 11 is 3.21. The fourth-order valence-corrected chi connectivity index (χ4v) is 2.81. The minimum atomic E-state index is -3.86. The van der Waals surface area contributed by atoms with Gasteiger partial charge in [0.25, 0.3) is 10.0 Å². The molecule has 0 saturated heterocycles. The van der Waals surface area contributed by atoms with Gasteiger partial charge in [0.2, 0.25) is 0 Å². The van der Waals surface area contributed by atoms with E-state index in [1.165, 1.54) is 30.5 Å². The van der Waals surface area contributed by atoms with E-state index in [1.807, 2.05) is 0 Å². The number of nitrogens with zero attached hydrogens (tertiary/aromatic N) is 1. The standard InChI is InChI=1S/C12H9BrN2O4S/c13-8-3-5-9(6-4-8)20(18,19)15-10-2-1-7-14-11(10)12(16)17/h1-7,15H,(H,16,17). The van der Waals surface area contributed by atoms with Gasteiger partial charge in [-0.25, -0.2) is 18.2 Å². The highest BCUT2D eigenvalue weighted by molar-refractivity contribution is 9.10. The van der Waals surface area contributed by atoms with Crippen molar-refractivity contribution in [3.05, 3.63) is 52.8 Å². The Morgan fingerprint density at radius 3 is 2.45 bits per heavy atom. The smallest absolute Gasteiger partial charge is 0.356 e. The van der Waals surface area contributed by atoms with E-state index < -0.39 is 16.0 Å². The topological polar surface area (TPSA) is 96.4 Å². The number of sulfonamides is 1. The molecule has 0 aliphatic rings. The van der Waals surface area contributed by atoms with Crippen molar-refractivity contribution in [2.75, 3.05) is 4.72 Å². The number of aromatic carboxylic acids is 1. The molecule has 20 heavy (non-hydrogen) atoms. The summed E-state index contributed by atoms with van der Waals surface area (Å²) in [5.41, 5.74) is -0.434. The molecule has 0 fully saturated rings. The Bertz CT molecular complexity index is 744. The molecule has 0 radical (unpaired) electrons. The molecule has 6 nitrogen and oxygen atoms in total. The third-order valence-electron chi connectivity index (χ3n) is 2.38. The lowest BCUT2D eigenvalue weighted by Gasteiger charge is -2.09. The summed E-state index contributed by atoms with van der Waals surface area (Å²) in [7, 11) is -3.86. The van der Waals surface area contributed by atoms with Crippen LogP contribution >= 0.6 is 15.9 Å². The van der Waals surface area contributed by atoms with Crippen molar-refractivity contribution in [3.8, 4) is 0 Å². The number of carboxylic acid groups (broad SMARTS) is 1. The van der Waals surface area contributed by atoms with Gasteiger partial charge in [-0.2, -0.15) is 0 Å². The summed E-state index contributed by atoms with van der Waals surface area (Å²) < 4.78 is 27.2. The molecule has 0 bridgehead atoms. The van der Waals surface area contributed by atoms with Crippen molar-refractivity contribution in [2.45, 2.75) is 4.90 Å². The highest BCUT2D eigenvalue weighted by Crippen LogP contribution is 2.20. The second-order valence-corrected chi connectivity index (χ2v) is 6.36. The van der Waals surface area contributed by atoms with Gasteiger partial charge in [-0.15, -0.1) is 0 Å². The van der Waals surface area contributed by atoms with Gasteiger partial charge in [-0.05, 0) is 36.4 Å². The molecular formula is C12H9BrN2O4S. The van der Waals surface area contributed by atoms with Gasteiger partial charge in [0.15, 0.2) is 5.69 Å². The van der Waals surface area contributed by atoms with E-state index in [0.29, 0.717) is 0 Å². The molecule has 0 aliphatic heterocycles. The van der Waals surface area contributed by atoms with Crippen LogP contribution in [0.15, 0.2) is 52.0 Å². The molecule has 8 heteroatoms. The first-order chi connectivity index (χ1) is 9.40. The molecule has 0 atom stereocenters. The molecule has 2 aromatic rings. The van der Waals surface area contributed by atoms with Crippen molar-refractivity contribution in [3.63, 3.8) is 0 Å². The number of halogens is 1. The number of rotatable bonds is 4. The fourth-order valence-electron chi connectivity index (χ4n) is 1.48. The van der Waals surface area contributed by atoms with Gasteiger partial charge in [0, 0.05) is 10.7 Å². The highest BCUT2D eigenvalue weighted by atomic mass is 79.9. The third-order valence-corrected chi connectivity index (χ3v) is 4.29. The van der Waals surface area contributed by atoms with Gasteiger partial charge >= 0.3 is 5.97 Å². The third kappa shape index (κ3) is 3.14. The van der Waals surface area contributed by atoms with Crippen LogP contribution in [-0.2, 0) is 10.0 Å². The molecule has 0 amide bonds. The predicted molar refractivity (Wildman–Crippen MR) is 76.1 cm³/mol. The predicted octanol–water partition coefficient (Wildman–Crippen LogP) is 2.34. The van der Waals surface area contributed by atoms with E-state index in [4.69, 9.17) is 5.11 Å². The second-order valence-electron chi connectivity index (χ2n) is 3.76. The van der Waals surface area contributed by atoms with Gasteiger partial charge in [-0.3, -0.25) is 4.72 Å². The van der Waals surface area contributed by atoms with Gasteiger partial charge < -0.3 is 5.11 Å². The number of pyridine rings is 1. The van der Waals surface area contributed by atoms with Crippen LogP contribution in [0.3, 0.4) is 0 Å². The molecule has 2 rings (SSSR count). The van der Waals surface area contributed by atoms with E-state index in [-0.39, 0.29) is 16.3 Å². The Hall–Kier alpha value is -1.93. The van der Waals surface area contributed by atoms with Crippen LogP contribution in [0.25, 0.3) is 0 Å². The molecule has 0 unspecified atom stereocenters. The van der Waals surface area contributed by atoms with Gasteiger partial charge in [-0.1, -0.05) is 15.9 Å². The van der Waals surface area contributed by atoms with E-state index in [1.54, 1.807) is 12.1 Å². The van der Waals surface area contributed by atoms with Gasteiger partial charge in [0.1, 0.15) is 0 Å². The summed E-state index contributed by atoms with van der Waals surface area (Å²) in [6, 6.07) is 8.76. The molecule has 2 N–H and O–H groups in total. The van der Waals surface area contributed by atoms with E-state index in [2.05, 4.69) is 25.6 Å². The molecule has 0 aliphatic carbocycles. The highest BCUT2D eigenvalue weighted by Gasteiger charge is 2.18. The van der Waals surface area contributed by atoms with Crippen LogP contribution in [0.2, 0.25) is 0 Å². The van der Waals surface area contributed by atoms with Crippen molar-refractivity contribution in [1.82, 2.24) is 4.98 Å². The lowest BCUT2D eigenvalue weighted by Crippen LogP contribution is -2.16. The number of hydrogen-bond acceptors (Lipinski definition) is 4. The fraction of sp³-hybridized carbons (Fsp3) is 0. The van der Waals surface area contributed by atoms with E-state index in [0.717, 1.165) is 4.47 Å². The Kier molecular flexibility index (Phi) is 4.05. The first-order valence-electron chi connectivity index (χ1n) is 5.37. The molecule has 1 aromatic carbocycles. The van der Waals surface area contributed by atoms with Crippen LogP contribution in [-0.4, -0.2) is 24.5 Å². The zero-order valence-electron chi connectivity index (χ0n) is 9.95. The number of aromatic nitrogens is 1. The van der Waals surface area contributed by atoms with Gasteiger partial charge in [0.05, 0.1) is 10.6 Å². The molecule has 1 aromatic heterocycles. The molecule has 0 saturated carbocycles. The number of carbonyl (C=O) groups is 1. The SMILES string of the molecule is O=C(O)c1ncccc1NS(=O)(=O)c1ccc(Br)cc1. The van der Waals surface area contributed by atoms with E-state index >= 15 is 0 Å². The lowest BCUT2D eigenvalue weighted by atomic mass is 10.3. The molecule has 104 valence electrons. The number of carboxylic acids is 1. The van der Waals surface area contributed by atoms with Crippen molar-refractivity contribution in [1.29, 1.82) is 0 Å². The quantitative estimate of drug-likeness (QED) is 0.876. The maximum atomic E-state index is 12.1. The van der Waals surface area contributed by atoms with Crippen LogP contribution in [0.4, 0.5) is 5.69 Å². The first kappa shape index (κ1) is 14.5. The molecular weight excluding hydrogens is 348 g/mol. The average molecular weight is 357 g/mol. The Labute approximate surface area is 123 Å². The summed E-state index contributed by atoms with van der Waals surface area (Å²) in [5.74, 6) is -1.31. The number of hydrogen-bond donors (Lipinski definition) is 2. The number of benzene rings is 1. The number of nitrogens with one attached hydrogen (secondary N) is 1. The normalized spacial score (nSPS) is 11.1. The maximum Gasteiger partial charge on any atom is 0.356 e. The molecule has 0 spiro atoms. The number of anilines is 1. The van der Waals surface area contributed by atoms with E-state index in [9.17, 15) is 13.2 Å². The maximum absolute atomic E-state index is 12.1. The van der Waals surface area contributed by atoms with Crippen LogP contribution in [0.1, 0.15) is 10.5 Å². The van der Waals surface area contributed by atoms with Crippen molar-refractivity contribution >= 4 is 37.6 Å². The average Bonchev–Trinajstić information content (AvgIpc) is 2.39. The first-order valence-corrected chi connectivity index (χ1v) is 7.64. The van der Waals surface area contributed by atoms with Crippen LogP contribution in [0.5, 0.6) is 0 Å². The summed E-state index contributed by atoms with van der Waals surface area (Å²) in [5, 5.41) is 8.97. The van der Waals surface area contributed by atoms with Crippen LogP contribution < -0.4 is 4.72 Å². The summed E-state index contributed by atoms with van der Waals surface area (Å²) in [6.45, 7) is 0. The zero-order chi connectivity index (χ0) is 14.8. The summed E-state index contributed by atoms with van der Waals surface area (Å²) in [4.78, 5) is 14.7. The van der Waals surface area contributed by atoms with Crippen molar-refractivity contribution < 1.29 is 18.3 Å². The minimum Gasteiger partial charge on any atom is -0.476 e. The second kappa shape index (κ2) is 5.59. The Morgan fingerprint density at radius 2 is 1.85 bits per heavy atom. The summed E-state index contributed by atoms with van der Waals surface area (Å²) in [6.07, 6.45) is 1.28. The molecule has 1 heterocycles. The minimum absolute atomic E-state index is 0.0286. The lowest BCUT2D eigenvalue weighted by molar-refractivity contribution is 0.0692. The zero-order valence-corrected chi connectivity index (χ0v) is 12.3.